The number of hydrogen-bond acceptors (Lipinski definition) is 3. The fourth-order valence-electron chi connectivity index (χ4n) is 2.35. The predicted molar refractivity (Wildman–Crippen MR) is 81.8 cm³/mol. The first-order valence-corrected chi connectivity index (χ1v) is 7.29. The van der Waals surface area contributed by atoms with E-state index in [4.69, 9.17) is 9.84 Å². The van der Waals surface area contributed by atoms with Gasteiger partial charge in [-0.1, -0.05) is 24.3 Å². The lowest BCUT2D eigenvalue weighted by Gasteiger charge is -2.23. The van der Waals surface area contributed by atoms with E-state index in [-0.39, 0.29) is 5.97 Å². The van der Waals surface area contributed by atoms with E-state index >= 15 is 0 Å². The van der Waals surface area contributed by atoms with Gasteiger partial charge < -0.3 is 9.84 Å². The molecule has 1 rings (SSSR count). The van der Waals surface area contributed by atoms with Gasteiger partial charge in [0.15, 0.2) is 0 Å². The van der Waals surface area contributed by atoms with Crippen LogP contribution in [0.2, 0.25) is 0 Å². The molecule has 116 valence electrons. The quantitative estimate of drug-likeness (QED) is 0.442. The highest BCUT2D eigenvalue weighted by Crippen LogP contribution is 2.30. The van der Waals surface area contributed by atoms with Crippen LogP contribution in [-0.2, 0) is 14.3 Å². The molecule has 0 aromatic rings. The summed E-state index contributed by atoms with van der Waals surface area (Å²) in [5.41, 5.74) is 2.73. The van der Waals surface area contributed by atoms with Gasteiger partial charge in [0, 0.05) is 12.5 Å². The minimum absolute atomic E-state index is 0.247. The van der Waals surface area contributed by atoms with Gasteiger partial charge in [-0.3, -0.25) is 4.79 Å². The Labute approximate surface area is 126 Å². The van der Waals surface area contributed by atoms with E-state index in [0.29, 0.717) is 18.1 Å². The molecule has 0 spiro atoms. The van der Waals surface area contributed by atoms with Gasteiger partial charge in [0.05, 0.1) is 0 Å². The molecule has 0 aliphatic heterocycles. The molecule has 0 radical (unpaired) electrons. The number of carboxylic acid groups (broad SMARTS) is 1. The molecular formula is C17H24O4. The number of allylic oxidation sites excluding steroid dienone is 3. The summed E-state index contributed by atoms with van der Waals surface area (Å²) in [5, 5.41) is 8.78. The van der Waals surface area contributed by atoms with Gasteiger partial charge in [-0.05, 0) is 50.5 Å². The molecule has 0 bridgehead atoms. The molecule has 1 atom stereocenters. The van der Waals surface area contributed by atoms with Crippen LogP contribution < -0.4 is 0 Å². The Morgan fingerprint density at radius 2 is 2.19 bits per heavy atom. The number of hydrogen-bond donors (Lipinski definition) is 1. The maximum Gasteiger partial charge on any atom is 0.330 e. The summed E-state index contributed by atoms with van der Waals surface area (Å²) in [6.45, 7) is 7.55. The summed E-state index contributed by atoms with van der Waals surface area (Å²) in [6, 6.07) is 0. The first-order valence-electron chi connectivity index (χ1n) is 7.29. The maximum atomic E-state index is 10.8. The van der Waals surface area contributed by atoms with Crippen molar-refractivity contribution < 1.29 is 19.4 Å². The Morgan fingerprint density at radius 1 is 1.48 bits per heavy atom. The van der Waals surface area contributed by atoms with Gasteiger partial charge in [0.25, 0.3) is 0 Å². The summed E-state index contributed by atoms with van der Waals surface area (Å²) in [6.07, 6.45) is 8.31. The largest absolute Gasteiger partial charge is 0.478 e. The van der Waals surface area contributed by atoms with Gasteiger partial charge in [-0.2, -0.15) is 0 Å². The topological polar surface area (TPSA) is 63.6 Å². The average Bonchev–Trinajstić information content (AvgIpc) is 2.45. The summed E-state index contributed by atoms with van der Waals surface area (Å²) in [5.74, 6) is -0.663. The van der Waals surface area contributed by atoms with Crippen LogP contribution in [0.3, 0.4) is 0 Å². The predicted octanol–water partition coefficient (Wildman–Crippen LogP) is 3.64. The number of carboxylic acids is 1. The van der Waals surface area contributed by atoms with Crippen molar-refractivity contribution in [3.63, 3.8) is 0 Å². The highest BCUT2D eigenvalue weighted by Gasteiger charge is 2.17. The lowest BCUT2D eigenvalue weighted by atomic mass is 9.83. The summed E-state index contributed by atoms with van der Waals surface area (Å²) < 4.78 is 5.00. The van der Waals surface area contributed by atoms with Crippen LogP contribution in [0.25, 0.3) is 0 Å². The molecule has 1 N–H and O–H groups in total. The summed E-state index contributed by atoms with van der Waals surface area (Å²) in [7, 11) is 0. The fraction of sp³-hybridized carbons (Fsp3) is 0.529. The SMILES string of the molecule is C=C(CC/C=C(\C)C(=O)O)[C@H]1CC=C(COC(C)=O)CC1. The molecule has 4 nitrogen and oxygen atoms in total. The van der Waals surface area contributed by atoms with E-state index in [1.165, 1.54) is 18.1 Å². The summed E-state index contributed by atoms with van der Waals surface area (Å²) in [4.78, 5) is 21.5. The van der Waals surface area contributed by atoms with Crippen molar-refractivity contribution in [1.29, 1.82) is 0 Å². The summed E-state index contributed by atoms with van der Waals surface area (Å²) >= 11 is 0. The Morgan fingerprint density at radius 3 is 2.71 bits per heavy atom. The highest BCUT2D eigenvalue weighted by atomic mass is 16.5. The van der Waals surface area contributed by atoms with Crippen LogP contribution in [0.4, 0.5) is 0 Å². The van der Waals surface area contributed by atoms with E-state index in [9.17, 15) is 9.59 Å². The first kappa shape index (κ1) is 17.2. The van der Waals surface area contributed by atoms with Crippen LogP contribution >= 0.6 is 0 Å². The van der Waals surface area contributed by atoms with E-state index in [2.05, 4.69) is 12.7 Å². The van der Waals surface area contributed by atoms with Gasteiger partial charge in [0.1, 0.15) is 6.61 Å². The highest BCUT2D eigenvalue weighted by molar-refractivity contribution is 5.85. The van der Waals surface area contributed by atoms with E-state index < -0.39 is 5.97 Å². The molecule has 0 heterocycles. The second-order valence-electron chi connectivity index (χ2n) is 5.50. The number of esters is 1. The first-order chi connectivity index (χ1) is 9.90. The molecule has 0 saturated heterocycles. The zero-order chi connectivity index (χ0) is 15.8. The Bertz CT molecular complexity index is 471. The van der Waals surface area contributed by atoms with Crippen LogP contribution in [0.15, 0.2) is 35.5 Å². The smallest absolute Gasteiger partial charge is 0.330 e. The normalized spacial score (nSPS) is 18.9. The van der Waals surface area contributed by atoms with E-state index in [0.717, 1.165) is 32.1 Å². The molecule has 1 aliphatic carbocycles. The molecule has 4 heteroatoms. The van der Waals surface area contributed by atoms with Crippen molar-refractivity contribution in [2.24, 2.45) is 5.92 Å². The Balaban J connectivity index is 2.36. The number of ether oxygens (including phenoxy) is 1. The van der Waals surface area contributed by atoms with Gasteiger partial charge in [0.2, 0.25) is 0 Å². The number of rotatable bonds is 7. The average molecular weight is 292 g/mol. The molecule has 0 amide bonds. The van der Waals surface area contributed by atoms with Crippen molar-refractivity contribution in [3.05, 3.63) is 35.5 Å². The lowest BCUT2D eigenvalue weighted by molar-refractivity contribution is -0.140. The van der Waals surface area contributed by atoms with Gasteiger partial charge in [-0.25, -0.2) is 4.79 Å². The third-order valence-electron chi connectivity index (χ3n) is 3.80. The fourth-order valence-corrected chi connectivity index (χ4v) is 2.35. The number of aliphatic carboxylic acids is 1. The lowest BCUT2D eigenvalue weighted by Crippen LogP contribution is -2.12. The van der Waals surface area contributed by atoms with Gasteiger partial charge in [-0.15, -0.1) is 0 Å². The van der Waals surface area contributed by atoms with Crippen LogP contribution in [-0.4, -0.2) is 23.7 Å². The van der Waals surface area contributed by atoms with Crippen molar-refractivity contribution in [2.75, 3.05) is 6.61 Å². The van der Waals surface area contributed by atoms with Crippen molar-refractivity contribution in [1.82, 2.24) is 0 Å². The zero-order valence-corrected chi connectivity index (χ0v) is 12.9. The van der Waals surface area contributed by atoms with Crippen LogP contribution in [0.5, 0.6) is 0 Å². The van der Waals surface area contributed by atoms with Crippen molar-refractivity contribution in [3.8, 4) is 0 Å². The maximum absolute atomic E-state index is 10.8. The monoisotopic (exact) mass is 292 g/mol. The molecule has 0 saturated carbocycles. The number of carbonyl (C=O) groups is 2. The molecule has 0 aromatic carbocycles. The third kappa shape index (κ3) is 6.43. The Kier molecular flexibility index (Phi) is 6.92. The number of carbonyl (C=O) groups excluding carboxylic acids is 1. The van der Waals surface area contributed by atoms with Crippen LogP contribution in [0.1, 0.15) is 46.0 Å². The standard InChI is InChI=1S/C17H24O4/c1-12(5-4-6-13(2)17(19)20)16-9-7-15(8-10-16)11-21-14(3)18/h6-7,16H,1,4-5,8-11H2,2-3H3,(H,19,20)/b13-6+/t16-/m0/s1. The molecule has 1 aliphatic rings. The third-order valence-corrected chi connectivity index (χ3v) is 3.80. The minimum Gasteiger partial charge on any atom is -0.478 e. The Hall–Kier alpha value is -1.84. The van der Waals surface area contributed by atoms with Crippen molar-refractivity contribution in [2.45, 2.75) is 46.0 Å². The zero-order valence-electron chi connectivity index (χ0n) is 12.9. The molecule has 0 aromatic heterocycles. The minimum atomic E-state index is -0.865. The van der Waals surface area contributed by atoms with E-state index in [1.807, 2.05) is 0 Å². The molecule has 0 unspecified atom stereocenters. The van der Waals surface area contributed by atoms with Crippen LogP contribution in [0, 0.1) is 5.92 Å². The van der Waals surface area contributed by atoms with E-state index in [1.54, 1.807) is 13.0 Å². The molecule has 0 fully saturated rings. The second-order valence-corrected chi connectivity index (χ2v) is 5.50. The molecule has 21 heavy (non-hydrogen) atoms. The molecular weight excluding hydrogens is 268 g/mol. The van der Waals surface area contributed by atoms with Crippen molar-refractivity contribution >= 4 is 11.9 Å². The second kappa shape index (κ2) is 8.45. The van der Waals surface area contributed by atoms with Gasteiger partial charge >= 0.3 is 11.9 Å².